The number of pyridine rings is 1. The van der Waals surface area contributed by atoms with E-state index in [1.165, 1.54) is 52.6 Å². The van der Waals surface area contributed by atoms with E-state index in [4.69, 9.17) is 15.0 Å². The van der Waals surface area contributed by atoms with E-state index < -0.39 is 0 Å². The fourth-order valence-corrected chi connectivity index (χ4v) is 8.85. The van der Waals surface area contributed by atoms with E-state index in [2.05, 4.69) is 120 Å². The Morgan fingerprint density at radius 1 is 0.429 bits per heavy atom. The van der Waals surface area contributed by atoms with E-state index in [-0.39, 0.29) is 5.41 Å². The smallest absolute Gasteiger partial charge is 0.164 e. The second-order valence-electron chi connectivity index (χ2n) is 14.9. The van der Waals surface area contributed by atoms with Gasteiger partial charge in [0.2, 0.25) is 0 Å². The molecule has 0 unspecified atom stereocenters. The molecule has 10 rings (SSSR count). The van der Waals surface area contributed by atoms with E-state index in [1.54, 1.807) is 6.20 Å². The highest BCUT2D eigenvalue weighted by molar-refractivity contribution is 5.85. The highest BCUT2D eigenvalue weighted by atomic mass is 15.0. The van der Waals surface area contributed by atoms with Crippen molar-refractivity contribution in [3.05, 3.63) is 181 Å². The molecule has 0 aliphatic heterocycles. The van der Waals surface area contributed by atoms with Crippen LogP contribution in [0, 0.1) is 11.3 Å². The molecule has 266 valence electrons. The van der Waals surface area contributed by atoms with E-state index >= 15 is 0 Å². The summed E-state index contributed by atoms with van der Waals surface area (Å²) in [5, 5.41) is 9.77. The quantitative estimate of drug-likeness (QED) is 0.171. The molecule has 2 heterocycles. The molecule has 0 amide bonds. The average Bonchev–Trinajstić information content (AvgIpc) is 3.54. The molecular formula is C51H37N5. The monoisotopic (exact) mass is 719 g/mol. The fraction of sp³-hybridized carbons (Fsp3) is 0.118. The molecule has 2 aliphatic carbocycles. The Morgan fingerprint density at radius 2 is 0.946 bits per heavy atom. The lowest BCUT2D eigenvalue weighted by Crippen LogP contribution is -2.28. The van der Waals surface area contributed by atoms with Crippen LogP contribution in [0.4, 0.5) is 0 Å². The lowest BCUT2D eigenvalue weighted by Gasteiger charge is -2.36. The van der Waals surface area contributed by atoms with Gasteiger partial charge >= 0.3 is 0 Å². The SMILES string of the molecule is N#Cc1ccc2c(c1)C1(CCCCC1)c1cc(-c3cccc(-c4cccc(-c5nc(-c6ccccc6)nc(-c6ccc(-c7cccnc7)cc6)n5)c4)c3)ccc1-2. The third-order valence-electron chi connectivity index (χ3n) is 11.7. The van der Waals surface area contributed by atoms with Crippen molar-refractivity contribution in [1.29, 1.82) is 5.26 Å². The van der Waals surface area contributed by atoms with E-state index in [0.29, 0.717) is 17.5 Å². The Hall–Kier alpha value is -7.03. The summed E-state index contributed by atoms with van der Waals surface area (Å²) in [6, 6.07) is 55.4. The maximum Gasteiger partial charge on any atom is 0.164 e. The van der Waals surface area contributed by atoms with E-state index in [0.717, 1.165) is 57.3 Å². The molecule has 1 saturated carbocycles. The lowest BCUT2D eigenvalue weighted by molar-refractivity contribution is 0.353. The van der Waals surface area contributed by atoms with Crippen molar-refractivity contribution in [1.82, 2.24) is 19.9 Å². The van der Waals surface area contributed by atoms with Crippen LogP contribution < -0.4 is 0 Å². The van der Waals surface area contributed by atoms with Crippen LogP contribution in [-0.2, 0) is 5.41 Å². The summed E-state index contributed by atoms with van der Waals surface area (Å²) in [6.07, 6.45) is 9.59. The zero-order chi connectivity index (χ0) is 37.5. The second-order valence-corrected chi connectivity index (χ2v) is 14.9. The molecule has 5 nitrogen and oxygen atoms in total. The van der Waals surface area contributed by atoms with Crippen LogP contribution in [0.5, 0.6) is 0 Å². The number of nitriles is 1. The highest BCUT2D eigenvalue weighted by Gasteiger charge is 2.44. The summed E-state index contributed by atoms with van der Waals surface area (Å²) in [6.45, 7) is 0. The van der Waals surface area contributed by atoms with Gasteiger partial charge in [-0.05, 0) is 105 Å². The van der Waals surface area contributed by atoms with Gasteiger partial charge in [-0.3, -0.25) is 4.98 Å². The minimum atomic E-state index is -0.0266. The van der Waals surface area contributed by atoms with Crippen molar-refractivity contribution in [2.45, 2.75) is 37.5 Å². The molecule has 56 heavy (non-hydrogen) atoms. The largest absolute Gasteiger partial charge is 0.264 e. The van der Waals surface area contributed by atoms with Gasteiger partial charge in [-0.15, -0.1) is 0 Å². The fourth-order valence-electron chi connectivity index (χ4n) is 8.85. The van der Waals surface area contributed by atoms with Gasteiger partial charge in [-0.2, -0.15) is 5.26 Å². The molecule has 1 fully saturated rings. The summed E-state index contributed by atoms with van der Waals surface area (Å²) < 4.78 is 0. The molecule has 6 aromatic carbocycles. The van der Waals surface area contributed by atoms with Crippen molar-refractivity contribution in [2.24, 2.45) is 0 Å². The number of aromatic nitrogens is 4. The first-order chi connectivity index (χ1) is 27.6. The van der Waals surface area contributed by atoms with Gasteiger partial charge in [-0.25, -0.2) is 15.0 Å². The molecule has 1 spiro atoms. The van der Waals surface area contributed by atoms with Gasteiger partial charge in [0.25, 0.3) is 0 Å². The predicted octanol–water partition coefficient (Wildman–Crippen LogP) is 12.4. The molecule has 2 aliphatic rings. The Morgan fingerprint density at radius 3 is 1.61 bits per heavy atom. The Balaban J connectivity index is 1.01. The number of fused-ring (bicyclic) bond motifs is 5. The first-order valence-corrected chi connectivity index (χ1v) is 19.4. The number of nitrogens with zero attached hydrogens (tertiary/aromatic N) is 5. The first kappa shape index (κ1) is 33.5. The summed E-state index contributed by atoms with van der Waals surface area (Å²) in [7, 11) is 0. The lowest BCUT2D eigenvalue weighted by atomic mass is 9.67. The van der Waals surface area contributed by atoms with Gasteiger partial charge in [0, 0.05) is 34.5 Å². The minimum Gasteiger partial charge on any atom is -0.264 e. The van der Waals surface area contributed by atoms with Gasteiger partial charge in [-0.1, -0.05) is 135 Å². The van der Waals surface area contributed by atoms with Crippen molar-refractivity contribution in [2.75, 3.05) is 0 Å². The minimum absolute atomic E-state index is 0.0266. The molecule has 8 aromatic rings. The van der Waals surface area contributed by atoms with Crippen molar-refractivity contribution >= 4 is 0 Å². The third kappa shape index (κ3) is 5.97. The highest BCUT2D eigenvalue weighted by Crippen LogP contribution is 2.56. The molecule has 2 aromatic heterocycles. The molecule has 0 radical (unpaired) electrons. The molecule has 0 saturated heterocycles. The van der Waals surface area contributed by atoms with Crippen LogP contribution in [0.1, 0.15) is 48.8 Å². The second kappa shape index (κ2) is 14.0. The van der Waals surface area contributed by atoms with Crippen LogP contribution in [0.2, 0.25) is 0 Å². The molecule has 5 heteroatoms. The topological polar surface area (TPSA) is 75.3 Å². The summed E-state index contributed by atoms with van der Waals surface area (Å²) in [4.78, 5) is 19.3. The van der Waals surface area contributed by atoms with Crippen molar-refractivity contribution in [3.63, 3.8) is 0 Å². The normalized spacial score (nSPS) is 13.8. The van der Waals surface area contributed by atoms with Crippen molar-refractivity contribution < 1.29 is 0 Å². The van der Waals surface area contributed by atoms with Crippen LogP contribution >= 0.6 is 0 Å². The number of hydrogen-bond acceptors (Lipinski definition) is 5. The van der Waals surface area contributed by atoms with Gasteiger partial charge in [0.05, 0.1) is 11.6 Å². The molecule has 0 atom stereocenters. The van der Waals surface area contributed by atoms with Gasteiger partial charge < -0.3 is 0 Å². The maximum absolute atomic E-state index is 9.77. The zero-order valence-corrected chi connectivity index (χ0v) is 30.9. The van der Waals surface area contributed by atoms with Crippen LogP contribution in [-0.4, -0.2) is 19.9 Å². The Kier molecular flexibility index (Phi) is 8.38. The van der Waals surface area contributed by atoms with E-state index in [1.807, 2.05) is 48.7 Å². The van der Waals surface area contributed by atoms with Crippen LogP contribution in [0.25, 0.3) is 78.7 Å². The zero-order valence-electron chi connectivity index (χ0n) is 30.9. The number of benzene rings is 6. The summed E-state index contributed by atoms with van der Waals surface area (Å²) in [5.74, 6) is 1.88. The predicted molar refractivity (Wildman–Crippen MR) is 224 cm³/mol. The Labute approximate surface area is 327 Å². The van der Waals surface area contributed by atoms with Gasteiger partial charge in [0.15, 0.2) is 17.5 Å². The first-order valence-electron chi connectivity index (χ1n) is 19.4. The Bertz CT molecular complexity index is 2780. The molecule has 0 bridgehead atoms. The van der Waals surface area contributed by atoms with Crippen molar-refractivity contribution in [3.8, 4) is 84.7 Å². The number of hydrogen-bond donors (Lipinski definition) is 0. The van der Waals surface area contributed by atoms with Gasteiger partial charge in [0.1, 0.15) is 0 Å². The number of rotatable bonds is 6. The summed E-state index contributed by atoms with van der Waals surface area (Å²) >= 11 is 0. The summed E-state index contributed by atoms with van der Waals surface area (Å²) in [5.41, 5.74) is 15.6. The molecular weight excluding hydrogens is 683 g/mol. The van der Waals surface area contributed by atoms with E-state index in [9.17, 15) is 5.26 Å². The molecule has 0 N–H and O–H groups in total. The standard InChI is InChI=1S/C51H37N5/c52-32-34-17-23-44-45-24-22-41(31-47(45)51(46(44)28-34)25-5-2-6-26-51)39-13-7-12-38(29-39)40-14-8-15-42(30-40)50-55-48(36-10-3-1-4-11-36)54-49(56-50)37-20-18-35(19-21-37)43-16-9-27-53-33-43/h1,3-4,7-24,27-31,33H,2,5-6,25-26H2. The van der Waals surface area contributed by atoms with Crippen LogP contribution in [0.3, 0.4) is 0 Å². The maximum atomic E-state index is 9.77. The average molecular weight is 720 g/mol. The van der Waals surface area contributed by atoms with Crippen LogP contribution in [0.15, 0.2) is 164 Å². The third-order valence-corrected chi connectivity index (χ3v) is 11.7.